The summed E-state index contributed by atoms with van der Waals surface area (Å²) in [4.78, 5) is 23.5. The molecule has 3 aromatic rings. The van der Waals surface area contributed by atoms with Gasteiger partial charge >= 0.3 is 11.9 Å². The Kier molecular flexibility index (Phi) is 5.17. The van der Waals surface area contributed by atoms with Gasteiger partial charge in [-0.3, -0.25) is 4.79 Å². The van der Waals surface area contributed by atoms with E-state index in [2.05, 4.69) is 0 Å². The number of carbonyl (C=O) groups is 2. The molecular weight excluding hydrogens is 332 g/mol. The molecule has 0 aliphatic heterocycles. The number of carboxylic acids is 1. The second kappa shape index (κ2) is 7.70. The van der Waals surface area contributed by atoms with Crippen LogP contribution in [0.3, 0.4) is 0 Å². The lowest BCUT2D eigenvalue weighted by molar-refractivity contribution is -0.136. The van der Waals surface area contributed by atoms with Crippen molar-refractivity contribution in [2.75, 3.05) is 7.11 Å². The molecule has 132 valence electrons. The third-order valence-electron chi connectivity index (χ3n) is 4.05. The van der Waals surface area contributed by atoms with Gasteiger partial charge in [0, 0.05) is 5.39 Å². The fraction of sp³-hybridized carbons (Fsp3) is 0.143. The third kappa shape index (κ3) is 3.67. The third-order valence-corrected chi connectivity index (χ3v) is 4.05. The lowest BCUT2D eigenvalue weighted by Crippen LogP contribution is -2.09. The van der Waals surface area contributed by atoms with E-state index >= 15 is 0 Å². The average Bonchev–Trinajstić information content (AvgIpc) is 2.66. The number of aliphatic carboxylic acids is 1. The smallest absolute Gasteiger partial charge is 0.341 e. The van der Waals surface area contributed by atoms with E-state index in [-0.39, 0.29) is 18.6 Å². The second-order valence-corrected chi connectivity index (χ2v) is 5.79. The van der Waals surface area contributed by atoms with E-state index in [0.717, 1.165) is 10.9 Å². The normalized spacial score (nSPS) is 10.5. The Labute approximate surface area is 150 Å². The van der Waals surface area contributed by atoms with Crippen LogP contribution in [0.25, 0.3) is 10.8 Å². The monoisotopic (exact) mass is 350 g/mol. The molecule has 0 heterocycles. The molecule has 0 saturated carbocycles. The Hall–Kier alpha value is -3.34. The van der Waals surface area contributed by atoms with E-state index in [1.807, 2.05) is 54.6 Å². The van der Waals surface area contributed by atoms with Crippen LogP contribution in [-0.4, -0.2) is 24.2 Å². The highest BCUT2D eigenvalue weighted by atomic mass is 16.5. The van der Waals surface area contributed by atoms with Crippen LogP contribution in [-0.2, 0) is 22.6 Å². The number of benzene rings is 3. The van der Waals surface area contributed by atoms with Gasteiger partial charge in [0.15, 0.2) is 0 Å². The topological polar surface area (TPSA) is 72.8 Å². The molecule has 0 saturated heterocycles. The molecule has 0 spiro atoms. The summed E-state index contributed by atoms with van der Waals surface area (Å²) in [5.74, 6) is -1.14. The van der Waals surface area contributed by atoms with E-state index in [1.54, 1.807) is 6.07 Å². The fourth-order valence-corrected chi connectivity index (χ4v) is 2.88. The van der Waals surface area contributed by atoms with Crippen molar-refractivity contribution in [2.24, 2.45) is 0 Å². The van der Waals surface area contributed by atoms with Crippen LogP contribution < -0.4 is 4.74 Å². The molecule has 26 heavy (non-hydrogen) atoms. The molecule has 1 N–H and O–H groups in total. The summed E-state index contributed by atoms with van der Waals surface area (Å²) in [5, 5.41) is 10.6. The minimum atomic E-state index is -0.969. The quantitative estimate of drug-likeness (QED) is 0.684. The van der Waals surface area contributed by atoms with Gasteiger partial charge in [-0.05, 0) is 22.6 Å². The highest BCUT2D eigenvalue weighted by Gasteiger charge is 2.20. The summed E-state index contributed by atoms with van der Waals surface area (Å²) in [7, 11) is 1.29. The molecule has 5 nitrogen and oxygen atoms in total. The molecule has 3 aromatic carbocycles. The van der Waals surface area contributed by atoms with Crippen LogP contribution in [0.5, 0.6) is 5.75 Å². The molecular formula is C21H18O5. The standard InChI is InChI=1S/C21H18O5/c1-25-21(24)18-11-15(12-19(22)23)16-9-5-6-10-17(16)20(18)26-13-14-7-3-2-4-8-14/h2-11H,12-13H2,1H3,(H,22,23). The van der Waals surface area contributed by atoms with Gasteiger partial charge in [0.1, 0.15) is 17.9 Å². The average molecular weight is 350 g/mol. The number of fused-ring (bicyclic) bond motifs is 1. The van der Waals surface area contributed by atoms with Crippen molar-refractivity contribution in [3.8, 4) is 5.75 Å². The molecule has 0 fully saturated rings. The fourth-order valence-electron chi connectivity index (χ4n) is 2.88. The van der Waals surface area contributed by atoms with E-state index in [9.17, 15) is 14.7 Å². The summed E-state index contributed by atoms with van der Waals surface area (Å²) < 4.78 is 10.8. The lowest BCUT2D eigenvalue weighted by Gasteiger charge is -2.16. The molecule has 0 bridgehead atoms. The minimum absolute atomic E-state index is 0.191. The zero-order valence-electron chi connectivity index (χ0n) is 14.3. The first-order valence-corrected chi connectivity index (χ1v) is 8.11. The minimum Gasteiger partial charge on any atom is -0.487 e. The van der Waals surface area contributed by atoms with Crippen LogP contribution in [0.15, 0.2) is 60.7 Å². The van der Waals surface area contributed by atoms with Crippen LogP contribution in [0.2, 0.25) is 0 Å². The number of methoxy groups -OCH3 is 1. The predicted octanol–water partition coefficient (Wildman–Crippen LogP) is 3.83. The van der Waals surface area contributed by atoms with Crippen molar-refractivity contribution >= 4 is 22.7 Å². The van der Waals surface area contributed by atoms with Gasteiger partial charge in [-0.2, -0.15) is 0 Å². The van der Waals surface area contributed by atoms with Gasteiger partial charge in [0.25, 0.3) is 0 Å². The van der Waals surface area contributed by atoms with Crippen molar-refractivity contribution in [3.63, 3.8) is 0 Å². The van der Waals surface area contributed by atoms with Crippen molar-refractivity contribution in [2.45, 2.75) is 13.0 Å². The Morgan fingerprint density at radius 1 is 0.962 bits per heavy atom. The van der Waals surface area contributed by atoms with Crippen LogP contribution in [0, 0.1) is 0 Å². The van der Waals surface area contributed by atoms with Crippen molar-refractivity contribution in [1.29, 1.82) is 0 Å². The first kappa shape index (κ1) is 17.5. The highest BCUT2D eigenvalue weighted by Crippen LogP contribution is 2.34. The predicted molar refractivity (Wildman–Crippen MR) is 97.4 cm³/mol. The van der Waals surface area contributed by atoms with Gasteiger partial charge in [-0.25, -0.2) is 4.79 Å². The largest absolute Gasteiger partial charge is 0.487 e. The number of carboxylic acid groups (broad SMARTS) is 1. The maximum Gasteiger partial charge on any atom is 0.341 e. The molecule has 5 heteroatoms. The van der Waals surface area contributed by atoms with Gasteiger partial charge in [-0.1, -0.05) is 54.6 Å². The molecule has 0 aromatic heterocycles. The Bertz CT molecular complexity index is 947. The molecule has 3 rings (SSSR count). The highest BCUT2D eigenvalue weighted by molar-refractivity contribution is 6.03. The van der Waals surface area contributed by atoms with Gasteiger partial charge < -0.3 is 14.6 Å². The molecule has 0 aliphatic carbocycles. The zero-order chi connectivity index (χ0) is 18.5. The van der Waals surface area contributed by atoms with Crippen molar-refractivity contribution < 1.29 is 24.2 Å². The summed E-state index contributed by atoms with van der Waals surface area (Å²) in [6.07, 6.45) is -0.191. The van der Waals surface area contributed by atoms with Gasteiger partial charge in [0.2, 0.25) is 0 Å². The van der Waals surface area contributed by atoms with Crippen LogP contribution in [0.1, 0.15) is 21.5 Å². The first-order valence-electron chi connectivity index (χ1n) is 8.11. The molecule has 0 unspecified atom stereocenters. The first-order chi connectivity index (χ1) is 12.6. The van der Waals surface area contributed by atoms with Gasteiger partial charge in [-0.15, -0.1) is 0 Å². The number of rotatable bonds is 6. The van der Waals surface area contributed by atoms with E-state index < -0.39 is 11.9 Å². The summed E-state index contributed by atoms with van der Waals surface area (Å²) in [6, 6.07) is 18.4. The maximum absolute atomic E-state index is 12.3. The number of esters is 1. The summed E-state index contributed by atoms with van der Waals surface area (Å²) in [5.41, 5.74) is 1.72. The number of carbonyl (C=O) groups excluding carboxylic acids is 1. The van der Waals surface area contributed by atoms with Gasteiger partial charge in [0.05, 0.1) is 13.5 Å². The number of ether oxygens (including phenoxy) is 2. The maximum atomic E-state index is 12.3. The van der Waals surface area contributed by atoms with Crippen molar-refractivity contribution in [3.05, 3.63) is 77.4 Å². The molecule has 0 radical (unpaired) electrons. The van der Waals surface area contributed by atoms with E-state index in [0.29, 0.717) is 16.7 Å². The SMILES string of the molecule is COC(=O)c1cc(CC(=O)O)c2ccccc2c1OCc1ccccc1. The number of hydrogen-bond acceptors (Lipinski definition) is 4. The Morgan fingerprint density at radius 2 is 1.62 bits per heavy atom. The van der Waals surface area contributed by atoms with E-state index in [4.69, 9.17) is 9.47 Å². The van der Waals surface area contributed by atoms with Crippen LogP contribution >= 0.6 is 0 Å². The van der Waals surface area contributed by atoms with Crippen molar-refractivity contribution in [1.82, 2.24) is 0 Å². The Balaban J connectivity index is 2.12. The molecule has 0 aliphatic rings. The van der Waals surface area contributed by atoms with Crippen LogP contribution in [0.4, 0.5) is 0 Å². The Morgan fingerprint density at radius 3 is 2.27 bits per heavy atom. The molecule has 0 atom stereocenters. The summed E-state index contributed by atoms with van der Waals surface area (Å²) in [6.45, 7) is 0.285. The number of hydrogen-bond donors (Lipinski definition) is 1. The second-order valence-electron chi connectivity index (χ2n) is 5.79. The van der Waals surface area contributed by atoms with E-state index in [1.165, 1.54) is 7.11 Å². The summed E-state index contributed by atoms with van der Waals surface area (Å²) >= 11 is 0. The lowest BCUT2D eigenvalue weighted by atomic mass is 9.97. The zero-order valence-corrected chi connectivity index (χ0v) is 14.3. The molecule has 0 amide bonds.